The van der Waals surface area contributed by atoms with Gasteiger partial charge in [-0.25, -0.2) is 0 Å². The van der Waals surface area contributed by atoms with E-state index >= 15 is 0 Å². The fraction of sp³-hybridized carbons (Fsp3) is 0.200. The van der Waals surface area contributed by atoms with Crippen molar-refractivity contribution in [1.82, 2.24) is 0 Å². The average molecular weight is 95.1 g/mol. The Hall–Kier alpha value is -1.01. The molecule has 0 unspecified atom stereocenters. The second kappa shape index (κ2) is 1.63. The maximum Gasteiger partial charge on any atom is 0.123 e. The van der Waals surface area contributed by atoms with Crippen molar-refractivity contribution in [1.29, 1.82) is 0 Å². The highest BCUT2D eigenvalue weighted by Crippen LogP contribution is 1.93. The van der Waals surface area contributed by atoms with E-state index in [4.69, 9.17) is 0 Å². The van der Waals surface area contributed by atoms with E-state index in [0.717, 1.165) is 5.57 Å². The van der Waals surface area contributed by atoms with Crippen molar-refractivity contribution >= 4 is 5.87 Å². The molecule has 1 heterocycles. The zero-order valence-corrected chi connectivity index (χ0v) is 4.01. The lowest BCUT2D eigenvalue weighted by molar-refractivity contribution is 0.269. The molecule has 0 N–H and O–H groups in total. The summed E-state index contributed by atoms with van der Waals surface area (Å²) in [5, 5.41) is 3.38. The van der Waals surface area contributed by atoms with Crippen LogP contribution in [0.1, 0.15) is 6.92 Å². The second-order valence-corrected chi connectivity index (χ2v) is 1.29. The Labute approximate surface area is 41.8 Å². The zero-order chi connectivity index (χ0) is 5.11. The van der Waals surface area contributed by atoms with E-state index in [9.17, 15) is 0 Å². The molecule has 0 aliphatic carbocycles. The number of allylic oxidation sites excluding steroid dienone is 2. The van der Waals surface area contributed by atoms with Crippen molar-refractivity contribution in [2.24, 2.45) is 5.16 Å². The van der Waals surface area contributed by atoms with Crippen LogP contribution in [0, 0.1) is 0 Å². The highest BCUT2D eigenvalue weighted by Gasteiger charge is 1.81. The van der Waals surface area contributed by atoms with Crippen molar-refractivity contribution < 1.29 is 4.84 Å². The molecule has 2 heteroatoms. The molecule has 0 spiro atoms. The Morgan fingerprint density at radius 1 is 1.86 bits per heavy atom. The first-order chi connectivity index (χ1) is 3.39. The fourth-order valence-corrected chi connectivity index (χ4v) is 0.299. The minimum Gasteiger partial charge on any atom is -0.357 e. The number of nitrogens with zero attached hydrogens (tertiary/aromatic N) is 1. The molecular weight excluding hydrogens is 90.1 g/mol. The summed E-state index contributed by atoms with van der Waals surface area (Å²) in [6, 6.07) is 0. The van der Waals surface area contributed by atoms with Crippen molar-refractivity contribution in [3.05, 3.63) is 17.9 Å². The Bertz CT molecular complexity index is 151. The average Bonchev–Trinajstić information content (AvgIpc) is 1.69. The molecule has 0 aromatic rings. The summed E-state index contributed by atoms with van der Waals surface area (Å²) in [5.74, 6) is 2.61. The zero-order valence-electron chi connectivity index (χ0n) is 4.01. The summed E-state index contributed by atoms with van der Waals surface area (Å²) in [6.45, 7) is 1.91. The van der Waals surface area contributed by atoms with Gasteiger partial charge < -0.3 is 4.84 Å². The van der Waals surface area contributed by atoms with Crippen LogP contribution in [0.25, 0.3) is 0 Å². The van der Waals surface area contributed by atoms with Crippen molar-refractivity contribution in [3.63, 3.8) is 0 Å². The maximum absolute atomic E-state index is 4.45. The highest BCUT2D eigenvalue weighted by atomic mass is 16.6. The normalized spacial score (nSPS) is 15.9. The third-order valence-corrected chi connectivity index (χ3v) is 0.654. The van der Waals surface area contributed by atoms with Gasteiger partial charge in [0.25, 0.3) is 0 Å². The quantitative estimate of drug-likeness (QED) is 0.441. The molecule has 0 saturated carbocycles. The lowest BCUT2D eigenvalue weighted by Crippen LogP contribution is -1.76. The third-order valence-electron chi connectivity index (χ3n) is 0.654. The monoisotopic (exact) mass is 95.0 g/mol. The Morgan fingerprint density at radius 2 is 2.71 bits per heavy atom. The minimum atomic E-state index is 0.992. The molecule has 0 bridgehead atoms. The van der Waals surface area contributed by atoms with Crippen LogP contribution in [-0.2, 0) is 4.84 Å². The van der Waals surface area contributed by atoms with E-state index in [1.807, 2.05) is 6.92 Å². The summed E-state index contributed by atoms with van der Waals surface area (Å²) < 4.78 is 0. The summed E-state index contributed by atoms with van der Waals surface area (Å²) in [6.07, 6.45) is 3.32. The topological polar surface area (TPSA) is 21.6 Å². The standard InChI is InChI=1S/C5H5NO/c1-5-2-3-7-6-4-5/h2-3H,1H3. The molecule has 0 atom stereocenters. The predicted molar refractivity (Wildman–Crippen MR) is 26.8 cm³/mol. The lowest BCUT2D eigenvalue weighted by Gasteiger charge is -1.88. The maximum atomic E-state index is 4.45. The molecule has 1 rings (SSSR count). The number of rotatable bonds is 0. The van der Waals surface area contributed by atoms with Crippen LogP contribution in [0.2, 0.25) is 0 Å². The van der Waals surface area contributed by atoms with Crippen molar-refractivity contribution in [2.75, 3.05) is 0 Å². The van der Waals surface area contributed by atoms with E-state index in [1.165, 1.54) is 6.26 Å². The van der Waals surface area contributed by atoms with E-state index in [2.05, 4.69) is 15.9 Å². The van der Waals surface area contributed by atoms with Gasteiger partial charge in [0.05, 0.1) is 0 Å². The lowest BCUT2D eigenvalue weighted by atomic mass is 10.3. The molecule has 0 aromatic heterocycles. The first kappa shape index (κ1) is 4.16. The Morgan fingerprint density at radius 3 is 3.00 bits per heavy atom. The first-order valence-electron chi connectivity index (χ1n) is 2.01. The van der Waals surface area contributed by atoms with Gasteiger partial charge in [-0.3, -0.25) is 0 Å². The molecule has 36 valence electrons. The molecule has 0 aromatic carbocycles. The van der Waals surface area contributed by atoms with Crippen LogP contribution in [0.3, 0.4) is 0 Å². The summed E-state index contributed by atoms with van der Waals surface area (Å²) in [7, 11) is 0. The molecule has 0 amide bonds. The van der Waals surface area contributed by atoms with Gasteiger partial charge in [-0.05, 0) is 18.2 Å². The SMILES string of the molecule is CC1=C=NOC=C1. The Kier molecular flexibility index (Phi) is 0.966. The van der Waals surface area contributed by atoms with Gasteiger partial charge in [0.15, 0.2) is 0 Å². The molecule has 1 aliphatic heterocycles. The van der Waals surface area contributed by atoms with Crippen molar-refractivity contribution in [3.8, 4) is 0 Å². The minimum absolute atomic E-state index is 0.992. The van der Waals surface area contributed by atoms with Crippen LogP contribution < -0.4 is 0 Å². The van der Waals surface area contributed by atoms with Gasteiger partial charge in [-0.1, -0.05) is 0 Å². The van der Waals surface area contributed by atoms with Crippen LogP contribution in [-0.4, -0.2) is 5.87 Å². The van der Waals surface area contributed by atoms with Gasteiger partial charge in [-0.15, -0.1) is 0 Å². The molecule has 0 radical (unpaired) electrons. The molecule has 1 aliphatic rings. The van der Waals surface area contributed by atoms with Gasteiger partial charge in [0.1, 0.15) is 6.26 Å². The number of hydrogen-bond acceptors (Lipinski definition) is 2. The van der Waals surface area contributed by atoms with E-state index in [1.54, 1.807) is 6.08 Å². The summed E-state index contributed by atoms with van der Waals surface area (Å²) in [5.41, 5.74) is 0.992. The highest BCUT2D eigenvalue weighted by molar-refractivity contribution is 5.60. The number of hydrogen-bond donors (Lipinski definition) is 0. The van der Waals surface area contributed by atoms with Crippen LogP contribution in [0.15, 0.2) is 23.1 Å². The van der Waals surface area contributed by atoms with E-state index in [0.29, 0.717) is 0 Å². The fourth-order valence-electron chi connectivity index (χ4n) is 0.299. The van der Waals surface area contributed by atoms with E-state index < -0.39 is 0 Å². The van der Waals surface area contributed by atoms with Crippen LogP contribution >= 0.6 is 0 Å². The first-order valence-corrected chi connectivity index (χ1v) is 2.01. The van der Waals surface area contributed by atoms with Gasteiger partial charge in [0.2, 0.25) is 0 Å². The van der Waals surface area contributed by atoms with Crippen molar-refractivity contribution in [2.45, 2.75) is 6.92 Å². The smallest absolute Gasteiger partial charge is 0.123 e. The largest absolute Gasteiger partial charge is 0.357 e. The third kappa shape index (κ3) is 0.913. The molecular formula is C5H5NO. The molecule has 0 saturated heterocycles. The van der Waals surface area contributed by atoms with Crippen LogP contribution in [0.4, 0.5) is 0 Å². The van der Waals surface area contributed by atoms with Gasteiger partial charge in [0, 0.05) is 11.4 Å². The van der Waals surface area contributed by atoms with Gasteiger partial charge in [-0.2, -0.15) is 0 Å². The predicted octanol–water partition coefficient (Wildman–Crippen LogP) is 1.06. The molecule has 0 fully saturated rings. The summed E-state index contributed by atoms with van der Waals surface area (Å²) in [4.78, 5) is 4.45. The van der Waals surface area contributed by atoms with E-state index in [-0.39, 0.29) is 0 Å². The molecule has 7 heavy (non-hydrogen) atoms. The molecule has 2 nitrogen and oxygen atoms in total. The second-order valence-electron chi connectivity index (χ2n) is 1.29. The summed E-state index contributed by atoms with van der Waals surface area (Å²) >= 11 is 0. The van der Waals surface area contributed by atoms with Gasteiger partial charge >= 0.3 is 0 Å². The van der Waals surface area contributed by atoms with Crippen LogP contribution in [0.5, 0.6) is 0 Å². The Balaban J connectivity index is 2.89.